The van der Waals surface area contributed by atoms with Crippen LogP contribution in [-0.2, 0) is 6.16 Å². The summed E-state index contributed by atoms with van der Waals surface area (Å²) < 4.78 is 5.41. The fourth-order valence-corrected chi connectivity index (χ4v) is 11.3. The molecule has 0 aliphatic carbocycles. The van der Waals surface area contributed by atoms with Crippen molar-refractivity contribution in [2.75, 3.05) is 0 Å². The molecule has 3 aromatic carbocycles. The Balaban J connectivity index is 2.10. The van der Waals surface area contributed by atoms with E-state index < -0.39 is 5.31 Å². The molecule has 26 heavy (non-hydrogen) atoms. The summed E-state index contributed by atoms with van der Waals surface area (Å²) in [6.45, 7) is 0. The molecule has 0 saturated carbocycles. The molecule has 4 aromatic rings. The van der Waals surface area contributed by atoms with Gasteiger partial charge in [0.25, 0.3) is 0 Å². The first-order valence-electron chi connectivity index (χ1n) is 8.62. The summed E-state index contributed by atoms with van der Waals surface area (Å²) in [4.78, 5) is 0. The predicted octanol–water partition coefficient (Wildman–Crippen LogP) is 5.62. The SMILES string of the molecule is BrP(Cc1ccoc1)(c1ccccc1)(c1ccccc1)c1ccccc1. The van der Waals surface area contributed by atoms with Crippen LogP contribution in [0.5, 0.6) is 0 Å². The van der Waals surface area contributed by atoms with Crippen LogP contribution in [-0.4, -0.2) is 0 Å². The van der Waals surface area contributed by atoms with E-state index in [1.54, 1.807) is 6.26 Å². The number of benzene rings is 3. The molecule has 0 radical (unpaired) electrons. The number of rotatable bonds is 5. The van der Waals surface area contributed by atoms with Crippen molar-refractivity contribution < 1.29 is 4.42 Å². The molecule has 0 fully saturated rings. The summed E-state index contributed by atoms with van der Waals surface area (Å²) in [5.41, 5.74) is 1.19. The van der Waals surface area contributed by atoms with Crippen molar-refractivity contribution in [1.82, 2.24) is 0 Å². The second-order valence-electron chi connectivity index (χ2n) is 6.48. The van der Waals surface area contributed by atoms with Gasteiger partial charge in [0, 0.05) is 0 Å². The van der Waals surface area contributed by atoms with Gasteiger partial charge in [-0.05, 0) is 0 Å². The van der Waals surface area contributed by atoms with Crippen LogP contribution < -0.4 is 15.9 Å². The molecule has 130 valence electrons. The molecule has 1 nitrogen and oxygen atoms in total. The molecule has 3 heteroatoms. The fraction of sp³-hybridized carbons (Fsp3) is 0.0435. The molecule has 0 aliphatic heterocycles. The monoisotopic (exact) mass is 422 g/mol. The molecule has 0 aliphatic rings. The minimum absolute atomic E-state index is 0.861. The maximum atomic E-state index is 5.41. The zero-order chi connectivity index (χ0) is 17.9. The third-order valence-electron chi connectivity index (χ3n) is 4.94. The van der Waals surface area contributed by atoms with Crippen molar-refractivity contribution in [3.63, 3.8) is 0 Å². The van der Waals surface area contributed by atoms with Crippen molar-refractivity contribution >= 4 is 36.7 Å². The van der Waals surface area contributed by atoms with E-state index in [1.165, 1.54) is 21.5 Å². The van der Waals surface area contributed by atoms with Crippen LogP contribution >= 0.6 is 20.8 Å². The van der Waals surface area contributed by atoms with Crippen LogP contribution in [0.3, 0.4) is 0 Å². The first-order chi connectivity index (χ1) is 12.7. The van der Waals surface area contributed by atoms with E-state index in [1.807, 2.05) is 6.26 Å². The van der Waals surface area contributed by atoms with E-state index >= 15 is 0 Å². The minimum atomic E-state index is -2.89. The zero-order valence-electron chi connectivity index (χ0n) is 14.3. The van der Waals surface area contributed by atoms with Crippen LogP contribution in [0.15, 0.2) is 114 Å². The third-order valence-corrected chi connectivity index (χ3v) is 14.5. The van der Waals surface area contributed by atoms with Crippen LogP contribution in [0.4, 0.5) is 0 Å². The summed E-state index contributed by atoms with van der Waals surface area (Å²) in [7, 11) is 0. The number of hydrogen-bond acceptors (Lipinski definition) is 1. The van der Waals surface area contributed by atoms with Gasteiger partial charge in [0.05, 0.1) is 0 Å². The Morgan fingerprint density at radius 3 is 1.38 bits per heavy atom. The first-order valence-corrected chi connectivity index (χ1v) is 13.1. The van der Waals surface area contributed by atoms with E-state index in [9.17, 15) is 0 Å². The van der Waals surface area contributed by atoms with E-state index in [2.05, 4.69) is 113 Å². The topological polar surface area (TPSA) is 13.1 Å². The van der Waals surface area contributed by atoms with Crippen molar-refractivity contribution in [3.05, 3.63) is 115 Å². The second kappa shape index (κ2) is 6.87. The molecule has 0 bridgehead atoms. The number of halogens is 1. The summed E-state index contributed by atoms with van der Waals surface area (Å²) in [5.74, 6) is 0. The average Bonchev–Trinajstić information content (AvgIpc) is 3.23. The molecule has 4 rings (SSSR count). The van der Waals surface area contributed by atoms with Crippen LogP contribution in [0.2, 0.25) is 0 Å². The third kappa shape index (κ3) is 2.74. The maximum absolute atomic E-state index is 5.41. The summed E-state index contributed by atoms with van der Waals surface area (Å²) in [6, 6.07) is 34.5. The molecule has 0 N–H and O–H groups in total. The molecule has 0 atom stereocenters. The second-order valence-corrected chi connectivity index (χ2v) is 15.4. The van der Waals surface area contributed by atoms with Gasteiger partial charge in [-0.15, -0.1) is 0 Å². The predicted molar refractivity (Wildman–Crippen MR) is 116 cm³/mol. The van der Waals surface area contributed by atoms with Crippen molar-refractivity contribution in [3.8, 4) is 0 Å². The van der Waals surface area contributed by atoms with Gasteiger partial charge in [0.2, 0.25) is 0 Å². The Kier molecular flexibility index (Phi) is 4.56. The average molecular weight is 423 g/mol. The normalized spacial score (nSPS) is 13.0. The Bertz CT molecular complexity index is 867. The van der Waals surface area contributed by atoms with Gasteiger partial charge >= 0.3 is 162 Å². The van der Waals surface area contributed by atoms with Crippen LogP contribution in [0.1, 0.15) is 5.56 Å². The van der Waals surface area contributed by atoms with Crippen molar-refractivity contribution in [2.24, 2.45) is 0 Å². The quantitative estimate of drug-likeness (QED) is 0.380. The van der Waals surface area contributed by atoms with Gasteiger partial charge in [0.15, 0.2) is 0 Å². The van der Waals surface area contributed by atoms with Crippen LogP contribution in [0, 0.1) is 0 Å². The number of hydrogen-bond donors (Lipinski definition) is 0. The zero-order valence-corrected chi connectivity index (χ0v) is 16.8. The molecule has 0 spiro atoms. The Hall–Kier alpha value is -2.15. The molecular weight excluding hydrogens is 403 g/mol. The standard InChI is InChI=1S/C23H20BrOP/c24-26(19-20-16-17-25-18-20,21-10-4-1-5-11-21,22-12-6-2-7-13-22)23-14-8-3-9-15-23/h1-18H,19H2. The molecule has 0 amide bonds. The van der Waals surface area contributed by atoms with E-state index in [-0.39, 0.29) is 0 Å². The summed E-state index contributed by atoms with van der Waals surface area (Å²) in [6.07, 6.45) is 4.47. The van der Waals surface area contributed by atoms with Gasteiger partial charge in [-0.1, -0.05) is 0 Å². The van der Waals surface area contributed by atoms with Crippen molar-refractivity contribution in [1.29, 1.82) is 0 Å². The van der Waals surface area contributed by atoms with E-state index in [0.717, 1.165) is 6.16 Å². The fourth-order valence-electron chi connectivity index (χ4n) is 3.66. The molecule has 1 heterocycles. The van der Waals surface area contributed by atoms with Crippen molar-refractivity contribution in [2.45, 2.75) is 6.16 Å². The molecule has 0 unspecified atom stereocenters. The van der Waals surface area contributed by atoms with E-state index in [4.69, 9.17) is 4.42 Å². The molecular formula is C23H20BrOP. The van der Waals surface area contributed by atoms with Gasteiger partial charge in [-0.2, -0.15) is 0 Å². The number of furan rings is 1. The van der Waals surface area contributed by atoms with Gasteiger partial charge in [-0.3, -0.25) is 0 Å². The molecule has 0 saturated heterocycles. The van der Waals surface area contributed by atoms with E-state index in [0.29, 0.717) is 0 Å². The first kappa shape index (κ1) is 17.3. The van der Waals surface area contributed by atoms with Gasteiger partial charge in [-0.25, -0.2) is 0 Å². The summed E-state index contributed by atoms with van der Waals surface area (Å²) >= 11 is 4.43. The Labute approximate surface area is 162 Å². The van der Waals surface area contributed by atoms with Gasteiger partial charge in [0.1, 0.15) is 0 Å². The Morgan fingerprint density at radius 1 is 0.615 bits per heavy atom. The Morgan fingerprint density at radius 2 is 1.04 bits per heavy atom. The van der Waals surface area contributed by atoms with Crippen LogP contribution in [0.25, 0.3) is 0 Å². The molecule has 1 aromatic heterocycles. The van der Waals surface area contributed by atoms with Gasteiger partial charge < -0.3 is 0 Å². The summed E-state index contributed by atoms with van der Waals surface area (Å²) in [5, 5.41) is 1.06.